The van der Waals surface area contributed by atoms with E-state index in [0.717, 1.165) is 12.8 Å². The van der Waals surface area contributed by atoms with E-state index in [-0.39, 0.29) is 30.5 Å². The topological polar surface area (TPSA) is 110 Å². The van der Waals surface area contributed by atoms with Gasteiger partial charge in [0.2, 0.25) is 0 Å². The van der Waals surface area contributed by atoms with Crippen molar-refractivity contribution < 1.29 is 32.3 Å². The number of rotatable bonds is 4. The van der Waals surface area contributed by atoms with Crippen LogP contribution in [0.25, 0.3) is 0 Å². The van der Waals surface area contributed by atoms with Gasteiger partial charge in [0.15, 0.2) is 6.29 Å². The summed E-state index contributed by atoms with van der Waals surface area (Å²) in [6.07, 6.45) is 0.717. The second kappa shape index (κ2) is 4.41. The maximum absolute atomic E-state index is 12.0. The Balaban J connectivity index is 1.62. The highest BCUT2D eigenvalue weighted by atomic mass is 32.2. The van der Waals surface area contributed by atoms with Crippen LogP contribution in [0.5, 0.6) is 0 Å². The minimum atomic E-state index is -4.13. The van der Waals surface area contributed by atoms with E-state index in [4.69, 9.17) is 14.0 Å². The Morgan fingerprint density at radius 3 is 2.79 bits per heavy atom. The molecule has 8 heteroatoms. The van der Waals surface area contributed by atoms with Crippen LogP contribution in [0.15, 0.2) is 0 Å². The lowest BCUT2D eigenvalue weighted by Crippen LogP contribution is -2.35. The molecule has 3 rings (SSSR count). The van der Waals surface area contributed by atoms with Crippen molar-refractivity contribution in [3.05, 3.63) is 0 Å². The maximum Gasteiger partial charge on any atom is 0.309 e. The minimum absolute atomic E-state index is 0.0480. The van der Waals surface area contributed by atoms with Crippen LogP contribution in [0.3, 0.4) is 0 Å². The third-order valence-electron chi connectivity index (χ3n) is 4.51. The molecule has 1 heterocycles. The molecular weight excluding hydrogens is 276 g/mol. The number of fused-ring (bicyclic) bond motifs is 1. The van der Waals surface area contributed by atoms with E-state index in [1.807, 2.05) is 0 Å². The van der Waals surface area contributed by atoms with Crippen molar-refractivity contribution in [2.24, 2.45) is 23.7 Å². The Hall–Kier alpha value is -0.700. The number of hydrogen-bond donors (Lipinski definition) is 2. The van der Waals surface area contributed by atoms with E-state index < -0.39 is 34.0 Å². The summed E-state index contributed by atoms with van der Waals surface area (Å²) >= 11 is 0. The van der Waals surface area contributed by atoms with Crippen LogP contribution >= 0.6 is 0 Å². The average molecular weight is 292 g/mol. The first-order chi connectivity index (χ1) is 8.87. The van der Waals surface area contributed by atoms with Crippen molar-refractivity contribution >= 4 is 16.1 Å². The normalized spacial score (nSPS) is 43.7. The van der Waals surface area contributed by atoms with Crippen LogP contribution in [0, 0.1) is 23.7 Å². The SMILES string of the molecule is O=C(OCCS(=O)(=O)O)C1C2CC3OC(O)C1C3C2. The van der Waals surface area contributed by atoms with E-state index in [9.17, 15) is 18.3 Å². The first kappa shape index (κ1) is 13.3. The monoisotopic (exact) mass is 292 g/mol. The number of hydrogen-bond acceptors (Lipinski definition) is 6. The first-order valence-corrected chi connectivity index (χ1v) is 7.93. The van der Waals surface area contributed by atoms with Crippen LogP contribution in [-0.2, 0) is 24.4 Å². The van der Waals surface area contributed by atoms with Crippen molar-refractivity contribution in [1.82, 2.24) is 0 Å². The van der Waals surface area contributed by atoms with Crippen LogP contribution in [0.4, 0.5) is 0 Å². The largest absolute Gasteiger partial charge is 0.464 e. The predicted molar refractivity (Wildman–Crippen MR) is 61.4 cm³/mol. The fourth-order valence-electron chi connectivity index (χ4n) is 3.86. The van der Waals surface area contributed by atoms with Crippen molar-refractivity contribution in [1.29, 1.82) is 0 Å². The second-order valence-corrected chi connectivity index (χ2v) is 7.09. The van der Waals surface area contributed by atoms with Crippen LogP contribution in [0.2, 0.25) is 0 Å². The zero-order valence-electron chi connectivity index (χ0n) is 10.1. The molecule has 7 nitrogen and oxygen atoms in total. The highest BCUT2D eigenvalue weighted by molar-refractivity contribution is 7.85. The maximum atomic E-state index is 12.0. The van der Waals surface area contributed by atoms with Gasteiger partial charge in [-0.05, 0) is 24.7 Å². The summed E-state index contributed by atoms with van der Waals surface area (Å²) in [5.41, 5.74) is 0. The Morgan fingerprint density at radius 2 is 2.11 bits per heavy atom. The quantitative estimate of drug-likeness (QED) is 0.526. The molecule has 0 aromatic rings. The smallest absolute Gasteiger partial charge is 0.309 e. The molecule has 0 radical (unpaired) electrons. The van der Waals surface area contributed by atoms with Gasteiger partial charge in [0.1, 0.15) is 12.4 Å². The van der Waals surface area contributed by atoms with E-state index in [2.05, 4.69) is 0 Å². The van der Waals surface area contributed by atoms with Gasteiger partial charge in [0.25, 0.3) is 10.1 Å². The molecule has 108 valence electrons. The fraction of sp³-hybridized carbons (Fsp3) is 0.909. The molecule has 1 aliphatic heterocycles. The third-order valence-corrected chi connectivity index (χ3v) is 5.19. The van der Waals surface area contributed by atoms with Gasteiger partial charge in [-0.1, -0.05) is 0 Å². The Morgan fingerprint density at radius 1 is 1.37 bits per heavy atom. The van der Waals surface area contributed by atoms with Crippen LogP contribution in [-0.4, -0.2) is 48.8 Å². The van der Waals surface area contributed by atoms with Crippen LogP contribution in [0.1, 0.15) is 12.8 Å². The predicted octanol–water partition coefficient (Wildman–Crippen LogP) is -0.593. The molecule has 3 fully saturated rings. The van der Waals surface area contributed by atoms with Gasteiger partial charge in [-0.2, -0.15) is 8.42 Å². The lowest BCUT2D eigenvalue weighted by Gasteiger charge is -2.25. The molecule has 0 amide bonds. The number of aliphatic hydroxyl groups is 1. The number of carbonyl (C=O) groups excluding carboxylic acids is 1. The summed E-state index contributed by atoms with van der Waals surface area (Å²) in [5.74, 6) is -1.40. The van der Waals surface area contributed by atoms with Crippen molar-refractivity contribution in [2.75, 3.05) is 12.4 Å². The van der Waals surface area contributed by atoms with Gasteiger partial charge in [-0.25, -0.2) is 0 Å². The molecule has 0 spiro atoms. The second-order valence-electron chi connectivity index (χ2n) is 5.52. The Bertz CT molecular complexity index is 485. The lowest BCUT2D eigenvalue weighted by atomic mass is 9.80. The summed E-state index contributed by atoms with van der Waals surface area (Å²) < 4.78 is 40.0. The van der Waals surface area contributed by atoms with Gasteiger partial charge in [-0.15, -0.1) is 0 Å². The number of ether oxygens (including phenoxy) is 2. The number of esters is 1. The standard InChI is InChI=1S/C11H16O7S/c12-10(17-1-2-19(14,15)16)8-5-3-6-7(4-5)18-11(13)9(6)8/h5-9,11,13H,1-4H2,(H,14,15,16). The fourth-order valence-corrected chi connectivity index (χ4v) is 4.15. The third kappa shape index (κ3) is 2.26. The van der Waals surface area contributed by atoms with E-state index in [0.29, 0.717) is 0 Å². The Kier molecular flexibility index (Phi) is 3.08. The van der Waals surface area contributed by atoms with Crippen molar-refractivity contribution in [2.45, 2.75) is 25.2 Å². The molecule has 3 aliphatic rings. The van der Waals surface area contributed by atoms with Gasteiger partial charge < -0.3 is 14.6 Å². The van der Waals surface area contributed by atoms with Gasteiger partial charge >= 0.3 is 5.97 Å². The minimum Gasteiger partial charge on any atom is -0.464 e. The van der Waals surface area contributed by atoms with E-state index >= 15 is 0 Å². The number of aliphatic hydroxyl groups excluding tert-OH is 1. The zero-order chi connectivity index (χ0) is 13.8. The number of carbonyl (C=O) groups is 1. The lowest BCUT2D eigenvalue weighted by molar-refractivity contribution is -0.155. The molecule has 2 bridgehead atoms. The molecule has 2 aliphatic carbocycles. The summed E-state index contributed by atoms with van der Waals surface area (Å²) in [6.45, 7) is -0.362. The molecule has 2 saturated carbocycles. The zero-order valence-corrected chi connectivity index (χ0v) is 11.0. The summed E-state index contributed by atoms with van der Waals surface area (Å²) in [5, 5.41) is 9.80. The van der Waals surface area contributed by atoms with Crippen molar-refractivity contribution in [3.8, 4) is 0 Å². The molecular formula is C11H16O7S. The summed E-state index contributed by atoms with van der Waals surface area (Å²) in [4.78, 5) is 12.0. The molecule has 6 unspecified atom stereocenters. The highest BCUT2D eigenvalue weighted by Crippen LogP contribution is 2.59. The van der Waals surface area contributed by atoms with Gasteiger partial charge in [0, 0.05) is 5.92 Å². The van der Waals surface area contributed by atoms with Gasteiger partial charge in [-0.3, -0.25) is 9.35 Å². The molecule has 19 heavy (non-hydrogen) atoms. The molecule has 1 saturated heterocycles. The molecule has 2 N–H and O–H groups in total. The molecule has 0 aromatic heterocycles. The summed E-state index contributed by atoms with van der Waals surface area (Å²) in [7, 11) is -4.13. The Labute approximate surface area is 110 Å². The van der Waals surface area contributed by atoms with E-state index in [1.54, 1.807) is 0 Å². The highest BCUT2D eigenvalue weighted by Gasteiger charge is 2.63. The molecule has 0 aromatic carbocycles. The van der Waals surface area contributed by atoms with Crippen molar-refractivity contribution in [3.63, 3.8) is 0 Å². The van der Waals surface area contributed by atoms with Gasteiger partial charge in [0.05, 0.1) is 12.0 Å². The van der Waals surface area contributed by atoms with Crippen LogP contribution < -0.4 is 0 Å². The average Bonchev–Trinajstić information content (AvgIpc) is 2.86. The summed E-state index contributed by atoms with van der Waals surface area (Å²) in [6, 6.07) is 0. The van der Waals surface area contributed by atoms with E-state index in [1.165, 1.54) is 0 Å². The first-order valence-electron chi connectivity index (χ1n) is 6.32. The molecule has 6 atom stereocenters.